The summed E-state index contributed by atoms with van der Waals surface area (Å²) in [6.07, 6.45) is 0. The maximum absolute atomic E-state index is 13.1. The number of esters is 1. The van der Waals surface area contributed by atoms with Crippen LogP contribution in [0.25, 0.3) is 0 Å². The van der Waals surface area contributed by atoms with E-state index in [0.717, 1.165) is 5.56 Å². The number of rotatable bonds is 5. The number of hydrogen-bond acceptors (Lipinski definition) is 3. The zero-order chi connectivity index (χ0) is 21.3. The molecule has 0 fully saturated rings. The first-order valence-electron chi connectivity index (χ1n) is 10.2. The van der Waals surface area contributed by atoms with Gasteiger partial charge in [0.15, 0.2) is 7.26 Å². The highest BCUT2D eigenvalue weighted by Crippen LogP contribution is 2.69. The lowest BCUT2D eigenvalue weighted by molar-refractivity contribution is -0.0000242. The van der Waals surface area contributed by atoms with E-state index in [1.807, 2.05) is 36.4 Å². The van der Waals surface area contributed by atoms with E-state index in [-0.39, 0.29) is 23.0 Å². The van der Waals surface area contributed by atoms with Gasteiger partial charge >= 0.3 is 5.97 Å². The molecule has 4 aromatic rings. The molecule has 1 aliphatic rings. The number of cyclic esters (lactones) is 1. The van der Waals surface area contributed by atoms with Crippen LogP contribution in [0.4, 0.5) is 0 Å². The van der Waals surface area contributed by atoms with Gasteiger partial charge in [-0.05, 0) is 42.5 Å². The van der Waals surface area contributed by atoms with Crippen molar-refractivity contribution in [2.45, 2.75) is 5.85 Å². The quantitative estimate of drug-likeness (QED) is 0.307. The van der Waals surface area contributed by atoms with Crippen molar-refractivity contribution in [1.29, 1.82) is 0 Å². The second-order valence-corrected chi connectivity index (χ2v) is 10.9. The Morgan fingerprint density at radius 3 is 1.59 bits per heavy atom. The lowest BCUT2D eigenvalue weighted by Gasteiger charge is -2.31. The van der Waals surface area contributed by atoms with Crippen LogP contribution in [0.2, 0.25) is 0 Å². The van der Waals surface area contributed by atoms with Gasteiger partial charge in [-0.2, -0.15) is 0 Å². The molecular weight excluding hydrogens is 483 g/mol. The van der Waals surface area contributed by atoms with Crippen molar-refractivity contribution >= 4 is 29.1 Å². The monoisotopic (exact) mass is 504 g/mol. The Hall–Kier alpha value is -2.94. The second kappa shape index (κ2) is 9.28. The first-order valence-corrected chi connectivity index (χ1v) is 12.1. The van der Waals surface area contributed by atoms with E-state index in [9.17, 15) is 4.79 Å². The Labute approximate surface area is 199 Å². The molecule has 3 nitrogen and oxygen atoms in total. The number of fused-ring (bicyclic) bond motifs is 1. The van der Waals surface area contributed by atoms with E-state index in [2.05, 4.69) is 72.8 Å². The summed E-state index contributed by atoms with van der Waals surface area (Å²) in [5.41, 5.74) is 1.41. The lowest BCUT2D eigenvalue weighted by Crippen LogP contribution is -3.00. The van der Waals surface area contributed by atoms with Crippen molar-refractivity contribution in [3.63, 3.8) is 0 Å². The molecule has 0 N–H and O–H groups in total. The van der Waals surface area contributed by atoms with Crippen LogP contribution < -0.4 is 37.6 Å². The predicted octanol–water partition coefficient (Wildman–Crippen LogP) is 1.86. The molecule has 1 aliphatic heterocycles. The third-order valence-electron chi connectivity index (χ3n) is 5.81. The van der Waals surface area contributed by atoms with Crippen molar-refractivity contribution in [2.24, 2.45) is 0 Å². The lowest BCUT2D eigenvalue weighted by atomic mass is 10.1. The molecule has 0 bridgehead atoms. The van der Waals surface area contributed by atoms with Crippen LogP contribution >= 0.6 is 7.26 Å². The molecular formula is C27H22BrO3P. The highest BCUT2D eigenvalue weighted by Gasteiger charge is 2.59. The highest BCUT2D eigenvalue weighted by atomic mass is 79.9. The Morgan fingerprint density at radius 2 is 1.16 bits per heavy atom. The molecule has 1 unspecified atom stereocenters. The van der Waals surface area contributed by atoms with Crippen LogP contribution in [0, 0.1) is 0 Å². The number of benzene rings is 4. The fourth-order valence-corrected chi connectivity index (χ4v) is 9.02. The van der Waals surface area contributed by atoms with Gasteiger partial charge in [0, 0.05) is 0 Å². The number of methoxy groups -OCH3 is 1. The van der Waals surface area contributed by atoms with Gasteiger partial charge in [0.2, 0.25) is 5.85 Å². The van der Waals surface area contributed by atoms with Gasteiger partial charge in [0.25, 0.3) is 0 Å². The van der Waals surface area contributed by atoms with Crippen molar-refractivity contribution in [2.75, 3.05) is 7.11 Å². The maximum atomic E-state index is 13.1. The summed E-state index contributed by atoms with van der Waals surface area (Å²) >= 11 is 0. The van der Waals surface area contributed by atoms with Crippen molar-refractivity contribution in [3.05, 3.63) is 120 Å². The smallest absolute Gasteiger partial charge is 0.345 e. The standard InChI is InChI=1S/C27H22O3P.BrH/c1-29-24-19-11-18-23-25(24)26(28)30-27(23)31(20-12-5-2-6-13-20,21-14-7-3-8-15-21)22-16-9-4-10-17-22;/h2-19,27H,1H3;1H/q+1;/p-1. The molecule has 32 heavy (non-hydrogen) atoms. The van der Waals surface area contributed by atoms with E-state index in [1.165, 1.54) is 15.9 Å². The maximum Gasteiger partial charge on any atom is 0.345 e. The molecule has 160 valence electrons. The van der Waals surface area contributed by atoms with Crippen LogP contribution in [0.3, 0.4) is 0 Å². The van der Waals surface area contributed by atoms with Crippen LogP contribution in [-0.2, 0) is 4.74 Å². The normalized spacial score (nSPS) is 14.8. The van der Waals surface area contributed by atoms with E-state index in [4.69, 9.17) is 9.47 Å². The Bertz CT molecular complexity index is 1120. The average molecular weight is 505 g/mol. The van der Waals surface area contributed by atoms with E-state index in [0.29, 0.717) is 11.3 Å². The van der Waals surface area contributed by atoms with Gasteiger partial charge in [-0.3, -0.25) is 0 Å². The molecule has 0 aromatic heterocycles. The van der Waals surface area contributed by atoms with Gasteiger partial charge in [0.05, 0.1) is 12.7 Å². The van der Waals surface area contributed by atoms with E-state index < -0.39 is 13.1 Å². The molecule has 5 heteroatoms. The van der Waals surface area contributed by atoms with E-state index in [1.54, 1.807) is 7.11 Å². The van der Waals surface area contributed by atoms with Crippen LogP contribution in [0.1, 0.15) is 21.8 Å². The zero-order valence-corrected chi connectivity index (χ0v) is 20.0. The Morgan fingerprint density at radius 1 is 0.688 bits per heavy atom. The molecule has 5 rings (SSSR count). The van der Waals surface area contributed by atoms with Crippen LogP contribution in [0.15, 0.2) is 109 Å². The Kier molecular flexibility index (Phi) is 6.45. The number of ether oxygens (including phenoxy) is 2. The Balaban J connectivity index is 0.00000245. The minimum absolute atomic E-state index is 0. The summed E-state index contributed by atoms with van der Waals surface area (Å²) in [7, 11) is -0.812. The van der Waals surface area contributed by atoms with Crippen LogP contribution in [-0.4, -0.2) is 13.1 Å². The fraction of sp³-hybridized carbons (Fsp3) is 0.0741. The van der Waals surface area contributed by atoms with Gasteiger partial charge in [-0.15, -0.1) is 0 Å². The third-order valence-corrected chi connectivity index (χ3v) is 10.2. The number of hydrogen-bond donors (Lipinski definition) is 0. The summed E-state index contributed by atoms with van der Waals surface area (Å²) in [6, 6.07) is 37.0. The van der Waals surface area contributed by atoms with Crippen molar-refractivity contribution < 1.29 is 31.2 Å². The van der Waals surface area contributed by atoms with Gasteiger partial charge in [-0.25, -0.2) is 4.79 Å². The first kappa shape index (κ1) is 22.3. The molecule has 0 radical (unpaired) electrons. The molecule has 0 saturated carbocycles. The zero-order valence-electron chi connectivity index (χ0n) is 17.5. The molecule has 0 saturated heterocycles. The fourth-order valence-electron chi connectivity index (χ4n) is 4.50. The molecule has 0 spiro atoms. The van der Waals surface area contributed by atoms with E-state index >= 15 is 0 Å². The minimum atomic E-state index is -2.40. The largest absolute Gasteiger partial charge is 1.00 e. The molecule has 4 aromatic carbocycles. The SMILES string of the molecule is COc1cccc2c1C(=O)OC2[P+](c1ccccc1)(c1ccccc1)c1ccccc1.[Br-]. The minimum Gasteiger partial charge on any atom is -1.00 e. The average Bonchev–Trinajstić information content (AvgIpc) is 3.19. The molecule has 1 heterocycles. The predicted molar refractivity (Wildman–Crippen MR) is 126 cm³/mol. The van der Waals surface area contributed by atoms with Gasteiger partial charge in [-0.1, -0.05) is 66.7 Å². The van der Waals surface area contributed by atoms with Gasteiger partial charge < -0.3 is 26.5 Å². The summed E-state index contributed by atoms with van der Waals surface area (Å²) < 4.78 is 11.8. The van der Waals surface area contributed by atoms with Crippen molar-refractivity contribution in [3.8, 4) is 5.75 Å². The number of halogens is 1. The summed E-state index contributed by atoms with van der Waals surface area (Å²) in [4.78, 5) is 13.1. The topological polar surface area (TPSA) is 35.5 Å². The molecule has 0 amide bonds. The molecule has 1 atom stereocenters. The second-order valence-electron chi connectivity index (χ2n) is 7.41. The van der Waals surface area contributed by atoms with Crippen molar-refractivity contribution in [1.82, 2.24) is 0 Å². The summed E-state index contributed by atoms with van der Waals surface area (Å²) in [6.45, 7) is 0. The molecule has 0 aliphatic carbocycles. The first-order chi connectivity index (χ1) is 15.3. The summed E-state index contributed by atoms with van der Waals surface area (Å²) in [5.74, 6) is -0.209. The van der Waals surface area contributed by atoms with Gasteiger partial charge in [0.1, 0.15) is 27.2 Å². The third kappa shape index (κ3) is 3.44. The summed E-state index contributed by atoms with van der Waals surface area (Å²) in [5, 5.41) is 3.50. The highest BCUT2D eigenvalue weighted by molar-refractivity contribution is 7.95. The number of carbonyl (C=O) groups is 1. The number of carbonyl (C=O) groups excluding carboxylic acids is 1. The van der Waals surface area contributed by atoms with Crippen LogP contribution in [0.5, 0.6) is 5.75 Å².